The summed E-state index contributed by atoms with van der Waals surface area (Å²) in [6.45, 7) is 5.96. The van der Waals surface area contributed by atoms with Crippen molar-refractivity contribution in [3.8, 4) is 0 Å². The predicted octanol–water partition coefficient (Wildman–Crippen LogP) is 4.04. The quantitative estimate of drug-likeness (QED) is 0.794. The molecular weight excluding hydrogens is 308 g/mol. The molecule has 1 aliphatic heterocycles. The molecule has 3 nitrogen and oxygen atoms in total. The number of rotatable bonds is 4. The van der Waals surface area contributed by atoms with Crippen LogP contribution in [-0.4, -0.2) is 35.7 Å². The lowest BCUT2D eigenvalue weighted by molar-refractivity contribution is 0.103. The summed E-state index contributed by atoms with van der Waals surface area (Å²) in [6.07, 6.45) is 0. The summed E-state index contributed by atoms with van der Waals surface area (Å²) in [6, 6.07) is 15.0. The molecule has 0 N–H and O–H groups in total. The highest BCUT2D eigenvalue weighted by Gasteiger charge is 2.25. The van der Waals surface area contributed by atoms with Crippen LogP contribution in [0.5, 0.6) is 0 Å². The van der Waals surface area contributed by atoms with Crippen LogP contribution in [0, 0.1) is 0 Å². The zero-order valence-corrected chi connectivity index (χ0v) is 14.0. The molecule has 1 aliphatic rings. The van der Waals surface area contributed by atoms with Crippen molar-refractivity contribution in [2.75, 3.05) is 13.1 Å². The highest BCUT2D eigenvalue weighted by Crippen LogP contribution is 2.21. The fraction of sp³-hybridized carbons (Fsp3) is 0.263. The van der Waals surface area contributed by atoms with E-state index in [4.69, 9.17) is 11.6 Å². The molecule has 0 saturated heterocycles. The minimum absolute atomic E-state index is 0.00410. The number of hydrogen-bond donors (Lipinski definition) is 0. The van der Waals surface area contributed by atoms with E-state index in [1.54, 1.807) is 24.3 Å². The van der Waals surface area contributed by atoms with Crippen LogP contribution in [0.25, 0.3) is 0 Å². The summed E-state index contributed by atoms with van der Waals surface area (Å²) in [5.41, 5.74) is 2.22. The van der Waals surface area contributed by atoms with Crippen LogP contribution in [0.3, 0.4) is 0 Å². The minimum Gasteiger partial charge on any atom is -0.352 e. The van der Waals surface area contributed by atoms with Crippen molar-refractivity contribution in [1.29, 1.82) is 0 Å². The number of hydrogen-bond acceptors (Lipinski definition) is 3. The molecule has 0 amide bonds. The van der Waals surface area contributed by atoms with Gasteiger partial charge in [-0.3, -0.25) is 9.79 Å². The van der Waals surface area contributed by atoms with E-state index >= 15 is 0 Å². The van der Waals surface area contributed by atoms with Gasteiger partial charge in [0.15, 0.2) is 5.78 Å². The summed E-state index contributed by atoms with van der Waals surface area (Å²) < 4.78 is 0. The highest BCUT2D eigenvalue weighted by atomic mass is 35.5. The molecule has 23 heavy (non-hydrogen) atoms. The first-order chi connectivity index (χ1) is 11.1. The Hall–Kier alpha value is -2.13. The predicted molar refractivity (Wildman–Crippen MR) is 94.6 cm³/mol. The second-order valence-corrected chi connectivity index (χ2v) is 6.31. The Labute approximate surface area is 141 Å². The lowest BCUT2D eigenvalue weighted by Gasteiger charge is -2.25. The number of carbonyl (C=O) groups excluding carboxylic acids is 1. The fourth-order valence-electron chi connectivity index (χ4n) is 2.84. The number of ketones is 1. The number of halogens is 1. The maximum Gasteiger partial charge on any atom is 0.193 e. The Kier molecular flexibility index (Phi) is 4.49. The number of amidine groups is 1. The van der Waals surface area contributed by atoms with E-state index in [-0.39, 0.29) is 5.78 Å². The molecule has 3 rings (SSSR count). The molecule has 0 fully saturated rings. The van der Waals surface area contributed by atoms with E-state index in [0.717, 1.165) is 24.5 Å². The molecule has 0 radical (unpaired) electrons. The summed E-state index contributed by atoms with van der Waals surface area (Å²) in [4.78, 5) is 19.8. The second kappa shape index (κ2) is 6.55. The van der Waals surface area contributed by atoms with Crippen molar-refractivity contribution < 1.29 is 4.79 Å². The monoisotopic (exact) mass is 326 g/mol. The van der Waals surface area contributed by atoms with Gasteiger partial charge in [0, 0.05) is 34.3 Å². The Morgan fingerprint density at radius 2 is 1.83 bits per heavy atom. The van der Waals surface area contributed by atoms with Gasteiger partial charge in [-0.2, -0.15) is 0 Å². The number of nitrogens with zero attached hydrogens (tertiary/aromatic N) is 2. The van der Waals surface area contributed by atoms with Gasteiger partial charge in [0.1, 0.15) is 5.84 Å². The van der Waals surface area contributed by atoms with Gasteiger partial charge in [-0.15, -0.1) is 0 Å². The van der Waals surface area contributed by atoms with Crippen LogP contribution in [0.15, 0.2) is 53.5 Å². The Morgan fingerprint density at radius 1 is 1.13 bits per heavy atom. The molecule has 4 heteroatoms. The first-order valence-corrected chi connectivity index (χ1v) is 8.16. The molecule has 0 saturated carbocycles. The zero-order valence-electron chi connectivity index (χ0n) is 13.3. The van der Waals surface area contributed by atoms with Crippen molar-refractivity contribution in [2.24, 2.45) is 4.99 Å². The Morgan fingerprint density at radius 3 is 2.52 bits per heavy atom. The van der Waals surface area contributed by atoms with Crippen LogP contribution in [0.4, 0.5) is 0 Å². The minimum atomic E-state index is -0.00410. The molecule has 0 aromatic heterocycles. The van der Waals surface area contributed by atoms with Crippen molar-refractivity contribution in [1.82, 2.24) is 4.90 Å². The number of carbonyl (C=O) groups is 1. The van der Waals surface area contributed by atoms with Gasteiger partial charge in [-0.05, 0) is 38.1 Å². The topological polar surface area (TPSA) is 32.7 Å². The van der Waals surface area contributed by atoms with Crippen LogP contribution in [0.1, 0.15) is 35.3 Å². The first-order valence-electron chi connectivity index (χ1n) is 7.78. The largest absolute Gasteiger partial charge is 0.352 e. The molecule has 0 unspecified atom stereocenters. The van der Waals surface area contributed by atoms with Gasteiger partial charge in [0.25, 0.3) is 0 Å². The lowest BCUT2D eigenvalue weighted by atomic mass is 9.97. The summed E-state index contributed by atoms with van der Waals surface area (Å²) in [7, 11) is 0. The Bertz CT molecular complexity index is 750. The normalized spacial score (nSPS) is 14.3. The average molecular weight is 327 g/mol. The molecule has 2 aromatic carbocycles. The third-order valence-electron chi connectivity index (χ3n) is 4.02. The molecule has 0 bridgehead atoms. The van der Waals surface area contributed by atoms with Gasteiger partial charge >= 0.3 is 0 Å². The number of benzene rings is 2. The molecular formula is C19H19ClN2O. The first kappa shape index (κ1) is 15.8. The lowest BCUT2D eigenvalue weighted by Crippen LogP contribution is -2.35. The van der Waals surface area contributed by atoms with Crippen molar-refractivity contribution in [3.05, 3.63) is 70.2 Å². The van der Waals surface area contributed by atoms with Crippen LogP contribution in [-0.2, 0) is 0 Å². The van der Waals surface area contributed by atoms with E-state index < -0.39 is 0 Å². The van der Waals surface area contributed by atoms with E-state index in [1.807, 2.05) is 24.3 Å². The van der Waals surface area contributed by atoms with Gasteiger partial charge in [0.05, 0.1) is 6.54 Å². The van der Waals surface area contributed by atoms with Crippen molar-refractivity contribution in [2.45, 2.75) is 19.9 Å². The standard InChI is InChI=1S/C19H19ClN2O/c1-13(2)22-12-11-21-19(22)17-6-4-3-5-16(17)18(23)14-7-9-15(20)10-8-14/h3-10,13H,11-12H2,1-2H3. The van der Waals surface area contributed by atoms with Gasteiger partial charge in [0.2, 0.25) is 0 Å². The van der Waals surface area contributed by atoms with Gasteiger partial charge < -0.3 is 4.90 Å². The van der Waals surface area contributed by atoms with Crippen LogP contribution < -0.4 is 0 Å². The molecule has 0 aliphatic carbocycles. The third kappa shape index (κ3) is 3.15. The van der Waals surface area contributed by atoms with Crippen LogP contribution >= 0.6 is 11.6 Å². The Balaban J connectivity index is 2.01. The number of aliphatic imine (C=N–C) groups is 1. The zero-order chi connectivity index (χ0) is 16.4. The summed E-state index contributed by atoms with van der Waals surface area (Å²) in [5.74, 6) is 0.911. The van der Waals surface area contributed by atoms with E-state index in [2.05, 4.69) is 23.7 Å². The molecule has 0 spiro atoms. The van der Waals surface area contributed by atoms with E-state index in [9.17, 15) is 4.79 Å². The summed E-state index contributed by atoms with van der Waals surface area (Å²) >= 11 is 5.91. The second-order valence-electron chi connectivity index (χ2n) is 5.87. The van der Waals surface area contributed by atoms with E-state index in [0.29, 0.717) is 22.2 Å². The molecule has 1 heterocycles. The van der Waals surface area contributed by atoms with Crippen LogP contribution in [0.2, 0.25) is 5.02 Å². The smallest absolute Gasteiger partial charge is 0.193 e. The van der Waals surface area contributed by atoms with Crippen molar-refractivity contribution in [3.63, 3.8) is 0 Å². The molecule has 118 valence electrons. The fourth-order valence-corrected chi connectivity index (χ4v) is 2.96. The maximum atomic E-state index is 12.9. The maximum absolute atomic E-state index is 12.9. The van der Waals surface area contributed by atoms with Crippen molar-refractivity contribution >= 4 is 23.2 Å². The average Bonchev–Trinajstić information content (AvgIpc) is 3.05. The van der Waals surface area contributed by atoms with E-state index in [1.165, 1.54) is 0 Å². The third-order valence-corrected chi connectivity index (χ3v) is 4.27. The molecule has 0 atom stereocenters. The summed E-state index contributed by atoms with van der Waals surface area (Å²) in [5, 5.41) is 0.626. The van der Waals surface area contributed by atoms with Gasteiger partial charge in [-0.1, -0.05) is 35.9 Å². The van der Waals surface area contributed by atoms with Gasteiger partial charge in [-0.25, -0.2) is 0 Å². The highest BCUT2D eigenvalue weighted by molar-refractivity contribution is 6.30. The molecule has 2 aromatic rings. The SMILES string of the molecule is CC(C)N1CCN=C1c1ccccc1C(=O)c1ccc(Cl)cc1.